The number of hydrogen-bond acceptors (Lipinski definition) is 2. The minimum atomic E-state index is 0.0910. The first-order chi connectivity index (χ1) is 9.65. The molecule has 0 radical (unpaired) electrons. The predicted octanol–water partition coefficient (Wildman–Crippen LogP) is 4.68. The fourth-order valence-electron chi connectivity index (χ4n) is 2.17. The van der Waals surface area contributed by atoms with Crippen molar-refractivity contribution in [1.29, 1.82) is 0 Å². The van der Waals surface area contributed by atoms with Gasteiger partial charge in [-0.25, -0.2) is 0 Å². The van der Waals surface area contributed by atoms with Crippen molar-refractivity contribution in [3.8, 4) is 0 Å². The Morgan fingerprint density at radius 1 is 0.950 bits per heavy atom. The summed E-state index contributed by atoms with van der Waals surface area (Å²) < 4.78 is 0. The highest BCUT2D eigenvalue weighted by Crippen LogP contribution is 2.23. The van der Waals surface area contributed by atoms with Crippen LogP contribution in [-0.4, -0.2) is 5.75 Å². The van der Waals surface area contributed by atoms with E-state index in [1.807, 2.05) is 17.8 Å². The fraction of sp³-hybridized carbons (Fsp3) is 0.333. The Hall–Kier alpha value is -1.25. The lowest BCUT2D eigenvalue weighted by molar-refractivity contribution is 0.647. The SMILES string of the molecule is CC(C)Cc1ccc(C(N)CSc2ccccc2)cc1. The molecule has 1 nitrogen and oxygen atoms in total. The molecule has 1 unspecified atom stereocenters. The second-order valence-electron chi connectivity index (χ2n) is 5.57. The minimum absolute atomic E-state index is 0.0910. The van der Waals surface area contributed by atoms with Gasteiger partial charge < -0.3 is 5.73 Å². The smallest absolute Gasteiger partial charge is 0.0390 e. The molecule has 0 saturated heterocycles. The van der Waals surface area contributed by atoms with E-state index in [0.717, 1.165) is 12.2 Å². The van der Waals surface area contributed by atoms with Gasteiger partial charge in [-0.1, -0.05) is 56.3 Å². The highest BCUT2D eigenvalue weighted by molar-refractivity contribution is 7.99. The summed E-state index contributed by atoms with van der Waals surface area (Å²) in [6, 6.07) is 19.3. The third-order valence-corrected chi connectivity index (χ3v) is 4.36. The number of hydrogen-bond donors (Lipinski definition) is 1. The molecule has 0 spiro atoms. The predicted molar refractivity (Wildman–Crippen MR) is 89.1 cm³/mol. The van der Waals surface area contributed by atoms with Crippen molar-refractivity contribution in [2.45, 2.75) is 31.2 Å². The number of benzene rings is 2. The van der Waals surface area contributed by atoms with Crippen molar-refractivity contribution in [3.63, 3.8) is 0 Å². The molecular formula is C18H23NS. The molecule has 20 heavy (non-hydrogen) atoms. The number of rotatable bonds is 6. The summed E-state index contributed by atoms with van der Waals surface area (Å²) in [6.07, 6.45) is 1.13. The van der Waals surface area contributed by atoms with Gasteiger partial charge in [0.15, 0.2) is 0 Å². The van der Waals surface area contributed by atoms with E-state index in [4.69, 9.17) is 5.73 Å². The van der Waals surface area contributed by atoms with Gasteiger partial charge in [-0.3, -0.25) is 0 Å². The number of nitrogens with two attached hydrogens (primary N) is 1. The molecule has 0 aromatic heterocycles. The third-order valence-electron chi connectivity index (χ3n) is 3.22. The lowest BCUT2D eigenvalue weighted by atomic mass is 10.0. The number of thioether (sulfide) groups is 1. The first kappa shape index (κ1) is 15.1. The topological polar surface area (TPSA) is 26.0 Å². The molecule has 0 bridgehead atoms. The van der Waals surface area contributed by atoms with Crippen LogP contribution in [0.25, 0.3) is 0 Å². The molecule has 2 aromatic carbocycles. The molecule has 2 heteroatoms. The average molecular weight is 285 g/mol. The molecule has 0 saturated carbocycles. The van der Waals surface area contributed by atoms with Gasteiger partial charge in [0.1, 0.15) is 0 Å². The van der Waals surface area contributed by atoms with Crippen LogP contribution in [0.5, 0.6) is 0 Å². The van der Waals surface area contributed by atoms with Crippen molar-refractivity contribution >= 4 is 11.8 Å². The van der Waals surface area contributed by atoms with Crippen LogP contribution >= 0.6 is 11.8 Å². The van der Waals surface area contributed by atoms with Crippen LogP contribution < -0.4 is 5.73 Å². The van der Waals surface area contributed by atoms with Crippen LogP contribution in [0.15, 0.2) is 59.5 Å². The Morgan fingerprint density at radius 2 is 1.60 bits per heavy atom. The second kappa shape index (κ2) is 7.51. The van der Waals surface area contributed by atoms with Crippen molar-refractivity contribution in [3.05, 3.63) is 65.7 Å². The van der Waals surface area contributed by atoms with E-state index in [9.17, 15) is 0 Å². The van der Waals surface area contributed by atoms with Gasteiger partial charge in [-0.2, -0.15) is 0 Å². The van der Waals surface area contributed by atoms with E-state index in [-0.39, 0.29) is 6.04 Å². The van der Waals surface area contributed by atoms with Gasteiger partial charge in [0.2, 0.25) is 0 Å². The quantitative estimate of drug-likeness (QED) is 0.780. The molecule has 0 fully saturated rings. The summed E-state index contributed by atoms with van der Waals surface area (Å²) in [5.74, 6) is 1.61. The monoisotopic (exact) mass is 285 g/mol. The maximum Gasteiger partial charge on any atom is 0.0390 e. The lowest BCUT2D eigenvalue weighted by Crippen LogP contribution is -2.13. The van der Waals surface area contributed by atoms with Crippen LogP contribution in [-0.2, 0) is 6.42 Å². The maximum atomic E-state index is 6.27. The summed E-state index contributed by atoms with van der Waals surface area (Å²) in [4.78, 5) is 1.28. The molecule has 0 aliphatic heterocycles. The van der Waals surface area contributed by atoms with E-state index in [1.165, 1.54) is 16.0 Å². The third kappa shape index (κ3) is 4.69. The van der Waals surface area contributed by atoms with E-state index in [0.29, 0.717) is 5.92 Å². The minimum Gasteiger partial charge on any atom is -0.323 e. The Balaban J connectivity index is 1.90. The zero-order valence-corrected chi connectivity index (χ0v) is 13.1. The standard InChI is InChI=1S/C18H23NS/c1-14(2)12-15-8-10-16(11-9-15)18(19)13-20-17-6-4-3-5-7-17/h3-11,14,18H,12-13,19H2,1-2H3. The van der Waals surface area contributed by atoms with Crippen molar-refractivity contribution in [2.24, 2.45) is 11.7 Å². The van der Waals surface area contributed by atoms with Crippen LogP contribution in [0.3, 0.4) is 0 Å². The van der Waals surface area contributed by atoms with Gasteiger partial charge in [0.05, 0.1) is 0 Å². The summed E-state index contributed by atoms with van der Waals surface area (Å²) >= 11 is 1.81. The normalized spacial score (nSPS) is 12.6. The van der Waals surface area contributed by atoms with Crippen LogP contribution in [0, 0.1) is 5.92 Å². The van der Waals surface area contributed by atoms with Gasteiger partial charge in [-0.05, 0) is 35.6 Å². The van der Waals surface area contributed by atoms with E-state index in [2.05, 4.69) is 62.4 Å². The molecule has 0 heterocycles. The highest BCUT2D eigenvalue weighted by atomic mass is 32.2. The Morgan fingerprint density at radius 3 is 2.20 bits per heavy atom. The van der Waals surface area contributed by atoms with Gasteiger partial charge in [0.25, 0.3) is 0 Å². The summed E-state index contributed by atoms with van der Waals surface area (Å²) in [5, 5.41) is 0. The van der Waals surface area contributed by atoms with Gasteiger partial charge in [-0.15, -0.1) is 11.8 Å². The molecular weight excluding hydrogens is 262 g/mol. The molecule has 2 aromatic rings. The first-order valence-corrected chi connectivity index (χ1v) is 8.16. The average Bonchev–Trinajstić information content (AvgIpc) is 2.46. The van der Waals surface area contributed by atoms with E-state index in [1.54, 1.807) is 0 Å². The molecule has 0 aliphatic rings. The van der Waals surface area contributed by atoms with Crippen molar-refractivity contribution < 1.29 is 0 Å². The summed E-state index contributed by atoms with van der Waals surface area (Å²) in [5.41, 5.74) is 8.89. The molecule has 1 atom stereocenters. The van der Waals surface area contributed by atoms with Crippen LogP contribution in [0.2, 0.25) is 0 Å². The molecule has 0 aliphatic carbocycles. The molecule has 0 amide bonds. The fourth-order valence-corrected chi connectivity index (χ4v) is 3.09. The Bertz CT molecular complexity index is 505. The van der Waals surface area contributed by atoms with Crippen molar-refractivity contribution in [1.82, 2.24) is 0 Å². The van der Waals surface area contributed by atoms with E-state index >= 15 is 0 Å². The molecule has 2 rings (SSSR count). The largest absolute Gasteiger partial charge is 0.323 e. The van der Waals surface area contributed by atoms with Crippen LogP contribution in [0.1, 0.15) is 31.0 Å². The summed E-state index contributed by atoms with van der Waals surface area (Å²) in [6.45, 7) is 4.49. The van der Waals surface area contributed by atoms with E-state index < -0.39 is 0 Å². The lowest BCUT2D eigenvalue weighted by Gasteiger charge is -2.13. The Labute approximate surface area is 126 Å². The maximum absolute atomic E-state index is 6.27. The molecule has 106 valence electrons. The molecule has 2 N–H and O–H groups in total. The zero-order valence-electron chi connectivity index (χ0n) is 12.3. The highest BCUT2D eigenvalue weighted by Gasteiger charge is 2.07. The zero-order chi connectivity index (χ0) is 14.4. The van der Waals surface area contributed by atoms with Gasteiger partial charge in [0, 0.05) is 16.7 Å². The Kier molecular flexibility index (Phi) is 5.69. The summed E-state index contributed by atoms with van der Waals surface area (Å²) in [7, 11) is 0. The van der Waals surface area contributed by atoms with Gasteiger partial charge >= 0.3 is 0 Å². The van der Waals surface area contributed by atoms with Crippen LogP contribution in [0.4, 0.5) is 0 Å². The second-order valence-corrected chi connectivity index (χ2v) is 6.66. The van der Waals surface area contributed by atoms with Crippen molar-refractivity contribution in [2.75, 3.05) is 5.75 Å². The first-order valence-electron chi connectivity index (χ1n) is 7.17.